The van der Waals surface area contributed by atoms with E-state index in [1.165, 1.54) is 0 Å². The van der Waals surface area contributed by atoms with Crippen molar-refractivity contribution in [2.45, 2.75) is 13.5 Å². The predicted molar refractivity (Wildman–Crippen MR) is 73.1 cm³/mol. The van der Waals surface area contributed by atoms with Crippen LogP contribution in [0.5, 0.6) is 0 Å². The normalized spacial score (nSPS) is 10.7. The van der Waals surface area contributed by atoms with Gasteiger partial charge in [-0.05, 0) is 50.9 Å². The van der Waals surface area contributed by atoms with Crippen LogP contribution in [0.1, 0.15) is 6.92 Å². The van der Waals surface area contributed by atoms with Gasteiger partial charge in [0.2, 0.25) is 0 Å². The lowest BCUT2D eigenvalue weighted by atomic mass is 10.1. The molecule has 2 rings (SSSR count). The van der Waals surface area contributed by atoms with Crippen molar-refractivity contribution in [3.05, 3.63) is 33.5 Å². The molecule has 1 aromatic carbocycles. The topological polar surface area (TPSA) is 43.8 Å². The second-order valence-electron chi connectivity index (χ2n) is 3.39. The molecule has 16 heavy (non-hydrogen) atoms. The Hall–Kier alpha value is -0.810. The van der Waals surface area contributed by atoms with Crippen LogP contribution in [0.15, 0.2) is 33.5 Å². The maximum atomic E-state index is 6.01. The fourth-order valence-corrected chi connectivity index (χ4v) is 2.14. The highest BCUT2D eigenvalue weighted by molar-refractivity contribution is 9.13. The summed E-state index contributed by atoms with van der Waals surface area (Å²) in [5.74, 6) is 0.705. The number of nitrogens with zero attached hydrogens (tertiary/aromatic N) is 2. The predicted octanol–water partition coefficient (Wildman–Crippen LogP) is 3.68. The summed E-state index contributed by atoms with van der Waals surface area (Å²) >= 11 is 6.91. The van der Waals surface area contributed by atoms with E-state index in [1.807, 2.05) is 29.7 Å². The lowest BCUT2D eigenvalue weighted by Gasteiger charge is -2.03. The van der Waals surface area contributed by atoms with E-state index < -0.39 is 0 Å². The first-order valence-electron chi connectivity index (χ1n) is 4.89. The molecule has 0 atom stereocenters. The fourth-order valence-electron chi connectivity index (χ4n) is 1.51. The molecule has 0 aliphatic heterocycles. The van der Waals surface area contributed by atoms with Gasteiger partial charge in [-0.25, -0.2) is 4.98 Å². The molecule has 2 N–H and O–H groups in total. The standard InChI is InChI=1S/C11H11Br2N3/c1-2-16-6-15-10(11(16)14)7-3-4-8(12)9(13)5-7/h3-6H,2,14H2,1H3. The molecule has 0 bridgehead atoms. The van der Waals surface area contributed by atoms with E-state index in [-0.39, 0.29) is 0 Å². The number of rotatable bonds is 2. The molecule has 0 saturated heterocycles. The minimum absolute atomic E-state index is 0.705. The molecule has 3 nitrogen and oxygen atoms in total. The third-order valence-electron chi connectivity index (χ3n) is 2.41. The van der Waals surface area contributed by atoms with E-state index in [2.05, 4.69) is 36.8 Å². The Kier molecular flexibility index (Phi) is 3.35. The van der Waals surface area contributed by atoms with Gasteiger partial charge in [-0.15, -0.1) is 0 Å². The Morgan fingerprint density at radius 2 is 2.06 bits per heavy atom. The SMILES string of the molecule is CCn1cnc(-c2ccc(Br)c(Br)c2)c1N. The molecular formula is C11H11Br2N3. The monoisotopic (exact) mass is 343 g/mol. The Labute approximate surface area is 111 Å². The quantitative estimate of drug-likeness (QED) is 0.903. The van der Waals surface area contributed by atoms with Crippen molar-refractivity contribution in [1.82, 2.24) is 9.55 Å². The molecule has 0 amide bonds. The van der Waals surface area contributed by atoms with Crippen molar-refractivity contribution < 1.29 is 0 Å². The number of hydrogen-bond acceptors (Lipinski definition) is 2. The second-order valence-corrected chi connectivity index (χ2v) is 5.10. The zero-order valence-electron chi connectivity index (χ0n) is 8.74. The highest BCUT2D eigenvalue weighted by Crippen LogP contribution is 2.30. The first-order valence-corrected chi connectivity index (χ1v) is 6.48. The highest BCUT2D eigenvalue weighted by Gasteiger charge is 2.09. The fraction of sp³-hybridized carbons (Fsp3) is 0.182. The molecule has 1 heterocycles. The van der Waals surface area contributed by atoms with E-state index in [0.717, 1.165) is 26.7 Å². The number of nitrogen functional groups attached to an aromatic ring is 1. The van der Waals surface area contributed by atoms with Gasteiger partial charge in [0.15, 0.2) is 0 Å². The number of benzene rings is 1. The number of nitrogens with two attached hydrogens (primary N) is 1. The van der Waals surface area contributed by atoms with E-state index in [4.69, 9.17) is 5.73 Å². The molecular weight excluding hydrogens is 334 g/mol. The van der Waals surface area contributed by atoms with Crippen LogP contribution in [0.4, 0.5) is 5.82 Å². The first-order chi connectivity index (χ1) is 7.63. The van der Waals surface area contributed by atoms with Crippen molar-refractivity contribution in [3.63, 3.8) is 0 Å². The summed E-state index contributed by atoms with van der Waals surface area (Å²) in [6.07, 6.45) is 1.76. The van der Waals surface area contributed by atoms with Crippen LogP contribution in [-0.4, -0.2) is 9.55 Å². The molecule has 0 fully saturated rings. The van der Waals surface area contributed by atoms with Crippen LogP contribution >= 0.6 is 31.9 Å². The molecule has 0 saturated carbocycles. The number of anilines is 1. The summed E-state index contributed by atoms with van der Waals surface area (Å²) in [4.78, 5) is 4.33. The average Bonchev–Trinajstić information content (AvgIpc) is 2.64. The van der Waals surface area contributed by atoms with Crippen LogP contribution in [0.3, 0.4) is 0 Å². The number of imidazole rings is 1. The van der Waals surface area contributed by atoms with Gasteiger partial charge in [-0.1, -0.05) is 6.07 Å². The van der Waals surface area contributed by atoms with Crippen LogP contribution in [0.25, 0.3) is 11.3 Å². The van der Waals surface area contributed by atoms with E-state index >= 15 is 0 Å². The third-order valence-corrected chi connectivity index (χ3v) is 4.29. The summed E-state index contributed by atoms with van der Waals surface area (Å²) in [5.41, 5.74) is 7.85. The highest BCUT2D eigenvalue weighted by atomic mass is 79.9. The molecule has 0 aliphatic rings. The summed E-state index contributed by atoms with van der Waals surface area (Å²) in [6, 6.07) is 5.97. The smallest absolute Gasteiger partial charge is 0.131 e. The largest absolute Gasteiger partial charge is 0.383 e. The van der Waals surface area contributed by atoms with Crippen molar-refractivity contribution >= 4 is 37.7 Å². The van der Waals surface area contributed by atoms with Gasteiger partial charge < -0.3 is 10.3 Å². The van der Waals surface area contributed by atoms with Crippen LogP contribution in [-0.2, 0) is 6.54 Å². The number of halogens is 2. The van der Waals surface area contributed by atoms with Gasteiger partial charge in [0, 0.05) is 21.1 Å². The van der Waals surface area contributed by atoms with Gasteiger partial charge in [0.1, 0.15) is 11.5 Å². The maximum absolute atomic E-state index is 6.01. The lowest BCUT2D eigenvalue weighted by Crippen LogP contribution is -1.99. The Morgan fingerprint density at radius 3 is 2.62 bits per heavy atom. The van der Waals surface area contributed by atoms with Gasteiger partial charge >= 0.3 is 0 Å². The van der Waals surface area contributed by atoms with E-state index in [9.17, 15) is 0 Å². The molecule has 1 aromatic heterocycles. The number of hydrogen-bond donors (Lipinski definition) is 1. The molecule has 0 spiro atoms. The van der Waals surface area contributed by atoms with Crippen molar-refractivity contribution in [1.29, 1.82) is 0 Å². The van der Waals surface area contributed by atoms with E-state index in [0.29, 0.717) is 5.82 Å². The number of aromatic nitrogens is 2. The van der Waals surface area contributed by atoms with Gasteiger partial charge in [0.05, 0.1) is 6.33 Å². The average molecular weight is 345 g/mol. The molecule has 84 valence electrons. The second kappa shape index (κ2) is 4.59. The summed E-state index contributed by atoms with van der Waals surface area (Å²) < 4.78 is 3.94. The Balaban J connectivity index is 2.50. The van der Waals surface area contributed by atoms with Gasteiger partial charge in [0.25, 0.3) is 0 Å². The van der Waals surface area contributed by atoms with Gasteiger partial charge in [-0.2, -0.15) is 0 Å². The number of aryl methyl sites for hydroxylation is 1. The van der Waals surface area contributed by atoms with Gasteiger partial charge in [-0.3, -0.25) is 0 Å². The lowest BCUT2D eigenvalue weighted by molar-refractivity contribution is 0.771. The molecule has 0 aliphatic carbocycles. The van der Waals surface area contributed by atoms with Crippen LogP contribution in [0, 0.1) is 0 Å². The first kappa shape index (κ1) is 11.7. The Morgan fingerprint density at radius 1 is 1.31 bits per heavy atom. The van der Waals surface area contributed by atoms with Crippen molar-refractivity contribution in [2.75, 3.05) is 5.73 Å². The minimum atomic E-state index is 0.705. The summed E-state index contributed by atoms with van der Waals surface area (Å²) in [6.45, 7) is 2.87. The van der Waals surface area contributed by atoms with Crippen LogP contribution in [0.2, 0.25) is 0 Å². The Bertz CT molecular complexity index is 520. The van der Waals surface area contributed by atoms with Crippen molar-refractivity contribution in [3.8, 4) is 11.3 Å². The molecule has 0 unspecified atom stereocenters. The zero-order valence-corrected chi connectivity index (χ0v) is 11.9. The van der Waals surface area contributed by atoms with Crippen LogP contribution < -0.4 is 5.73 Å². The zero-order chi connectivity index (χ0) is 11.7. The maximum Gasteiger partial charge on any atom is 0.131 e. The third kappa shape index (κ3) is 2.01. The molecule has 5 heteroatoms. The van der Waals surface area contributed by atoms with Crippen molar-refractivity contribution in [2.24, 2.45) is 0 Å². The minimum Gasteiger partial charge on any atom is -0.383 e. The molecule has 2 aromatic rings. The summed E-state index contributed by atoms with van der Waals surface area (Å²) in [5, 5.41) is 0. The van der Waals surface area contributed by atoms with E-state index in [1.54, 1.807) is 6.33 Å². The summed E-state index contributed by atoms with van der Waals surface area (Å²) in [7, 11) is 0. The molecule has 0 radical (unpaired) electrons.